The number of rotatable bonds is 6. The topological polar surface area (TPSA) is 21.3 Å². The van der Waals surface area contributed by atoms with E-state index in [1.807, 2.05) is 12.1 Å². The molecule has 0 saturated carbocycles. The lowest BCUT2D eigenvalue weighted by Crippen LogP contribution is -2.22. The van der Waals surface area contributed by atoms with E-state index in [0.717, 1.165) is 23.2 Å². The third-order valence-corrected chi connectivity index (χ3v) is 4.57. The molecule has 2 nitrogen and oxygen atoms in total. The largest absolute Gasteiger partial charge is 0.497 e. The smallest absolute Gasteiger partial charge is 0.120 e. The monoisotopic (exact) mass is 339 g/mol. The van der Waals surface area contributed by atoms with Crippen LogP contribution < -0.4 is 10.1 Å². The van der Waals surface area contributed by atoms with E-state index in [9.17, 15) is 0 Å². The van der Waals surface area contributed by atoms with Crippen molar-refractivity contribution >= 4 is 27.3 Å². The molecular formula is C15H18BrNOS. The predicted molar refractivity (Wildman–Crippen MR) is 85.1 cm³/mol. The molecule has 1 heterocycles. The summed E-state index contributed by atoms with van der Waals surface area (Å²) in [7, 11) is 1.69. The quantitative estimate of drug-likeness (QED) is 0.829. The fraction of sp³-hybridized carbons (Fsp3) is 0.333. The van der Waals surface area contributed by atoms with Gasteiger partial charge in [0.2, 0.25) is 0 Å². The summed E-state index contributed by atoms with van der Waals surface area (Å²) >= 11 is 5.43. The van der Waals surface area contributed by atoms with E-state index in [-0.39, 0.29) is 6.04 Å². The average Bonchev–Trinajstić information content (AvgIpc) is 2.94. The second kappa shape index (κ2) is 7.08. The maximum absolute atomic E-state index is 5.25. The van der Waals surface area contributed by atoms with Gasteiger partial charge in [0.1, 0.15) is 5.75 Å². The Bertz CT molecular complexity index is 513. The molecule has 1 unspecified atom stereocenters. The van der Waals surface area contributed by atoms with Crippen LogP contribution in [0.1, 0.15) is 29.8 Å². The van der Waals surface area contributed by atoms with Crippen LogP contribution in [0.5, 0.6) is 5.75 Å². The van der Waals surface area contributed by atoms with Gasteiger partial charge >= 0.3 is 0 Å². The Hall–Kier alpha value is -0.840. The molecule has 102 valence electrons. The summed E-state index contributed by atoms with van der Waals surface area (Å²) in [6.07, 6.45) is 1.12. The summed E-state index contributed by atoms with van der Waals surface area (Å²) in [4.78, 5) is 1.33. The third kappa shape index (κ3) is 3.59. The van der Waals surface area contributed by atoms with E-state index in [1.165, 1.54) is 10.4 Å². The Morgan fingerprint density at radius 3 is 2.79 bits per heavy atom. The highest BCUT2D eigenvalue weighted by Gasteiger charge is 2.17. The van der Waals surface area contributed by atoms with Gasteiger partial charge in [0.25, 0.3) is 0 Å². The normalized spacial score (nSPS) is 12.4. The summed E-state index contributed by atoms with van der Waals surface area (Å²) in [5.41, 5.74) is 1.25. The van der Waals surface area contributed by atoms with Gasteiger partial charge in [-0.05, 0) is 42.1 Å². The molecule has 2 rings (SSSR count). The molecule has 0 aliphatic carbocycles. The second-order valence-electron chi connectivity index (χ2n) is 4.29. The van der Waals surface area contributed by atoms with Crippen molar-refractivity contribution in [1.82, 2.24) is 5.32 Å². The number of halogens is 1. The first-order valence-corrected chi connectivity index (χ1v) is 8.03. The van der Waals surface area contributed by atoms with Gasteiger partial charge in [-0.2, -0.15) is 0 Å². The van der Waals surface area contributed by atoms with Crippen LogP contribution >= 0.6 is 27.3 Å². The number of hydrogen-bond acceptors (Lipinski definition) is 3. The van der Waals surface area contributed by atoms with Crippen molar-refractivity contribution in [2.75, 3.05) is 13.7 Å². The van der Waals surface area contributed by atoms with Crippen molar-refractivity contribution in [2.24, 2.45) is 0 Å². The molecule has 19 heavy (non-hydrogen) atoms. The first kappa shape index (κ1) is 14.6. The first-order chi connectivity index (χ1) is 9.26. The molecule has 0 radical (unpaired) electrons. The third-order valence-electron chi connectivity index (χ3n) is 2.94. The molecule has 2 aromatic rings. The van der Waals surface area contributed by atoms with Crippen molar-refractivity contribution in [3.63, 3.8) is 0 Å². The molecule has 0 saturated heterocycles. The molecule has 0 bridgehead atoms. The lowest BCUT2D eigenvalue weighted by molar-refractivity contribution is 0.414. The standard InChI is InChI=1S/C15H18BrNOS/c1-3-8-17-15(14-5-4-9-19-14)12-7-6-11(18-2)10-13(12)16/h4-7,9-10,15,17H,3,8H2,1-2H3. The molecule has 1 N–H and O–H groups in total. The minimum Gasteiger partial charge on any atom is -0.497 e. The van der Waals surface area contributed by atoms with Crippen molar-refractivity contribution < 1.29 is 4.74 Å². The van der Waals surface area contributed by atoms with E-state index in [0.29, 0.717) is 0 Å². The van der Waals surface area contributed by atoms with Crippen LogP contribution in [0.4, 0.5) is 0 Å². The van der Waals surface area contributed by atoms with E-state index >= 15 is 0 Å². The van der Waals surface area contributed by atoms with Crippen LogP contribution in [-0.2, 0) is 0 Å². The van der Waals surface area contributed by atoms with Gasteiger partial charge in [-0.15, -0.1) is 11.3 Å². The Labute approximate surface area is 126 Å². The van der Waals surface area contributed by atoms with Crippen LogP contribution in [0.25, 0.3) is 0 Å². The van der Waals surface area contributed by atoms with Gasteiger partial charge < -0.3 is 10.1 Å². The van der Waals surface area contributed by atoms with Gasteiger partial charge in [-0.1, -0.05) is 35.0 Å². The van der Waals surface area contributed by atoms with E-state index in [1.54, 1.807) is 18.4 Å². The Balaban J connectivity index is 2.32. The minimum absolute atomic E-state index is 0.236. The average molecular weight is 340 g/mol. The number of ether oxygens (including phenoxy) is 1. The van der Waals surface area contributed by atoms with Gasteiger partial charge in [0, 0.05) is 9.35 Å². The van der Waals surface area contributed by atoms with Crippen molar-refractivity contribution in [1.29, 1.82) is 0 Å². The van der Waals surface area contributed by atoms with Gasteiger partial charge in [-0.3, -0.25) is 0 Å². The molecule has 0 spiro atoms. The maximum Gasteiger partial charge on any atom is 0.120 e. The highest BCUT2D eigenvalue weighted by atomic mass is 79.9. The minimum atomic E-state index is 0.236. The number of methoxy groups -OCH3 is 1. The molecule has 0 aliphatic heterocycles. The van der Waals surface area contributed by atoms with Crippen molar-refractivity contribution in [3.8, 4) is 5.75 Å². The van der Waals surface area contributed by atoms with Crippen molar-refractivity contribution in [3.05, 3.63) is 50.6 Å². The molecule has 4 heteroatoms. The second-order valence-corrected chi connectivity index (χ2v) is 6.12. The van der Waals surface area contributed by atoms with E-state index in [2.05, 4.69) is 51.7 Å². The number of thiophene rings is 1. The van der Waals surface area contributed by atoms with Gasteiger partial charge in [-0.25, -0.2) is 0 Å². The highest BCUT2D eigenvalue weighted by molar-refractivity contribution is 9.10. The van der Waals surface area contributed by atoms with E-state index in [4.69, 9.17) is 4.74 Å². The molecule has 0 fully saturated rings. The van der Waals surface area contributed by atoms with Gasteiger partial charge in [0.05, 0.1) is 13.2 Å². The SMILES string of the molecule is CCCNC(c1cccs1)c1ccc(OC)cc1Br. The summed E-state index contributed by atoms with van der Waals surface area (Å²) < 4.78 is 6.33. The fourth-order valence-electron chi connectivity index (χ4n) is 1.98. The zero-order chi connectivity index (χ0) is 13.7. The van der Waals surface area contributed by atoms with E-state index < -0.39 is 0 Å². The lowest BCUT2D eigenvalue weighted by atomic mass is 10.0. The summed E-state index contributed by atoms with van der Waals surface area (Å²) in [6, 6.07) is 10.7. The molecule has 0 aliphatic rings. The van der Waals surface area contributed by atoms with Crippen LogP contribution in [0, 0.1) is 0 Å². The maximum atomic E-state index is 5.25. The van der Waals surface area contributed by atoms with Crippen molar-refractivity contribution in [2.45, 2.75) is 19.4 Å². The molecule has 1 atom stereocenters. The Kier molecular flexibility index (Phi) is 5.43. The lowest BCUT2D eigenvalue weighted by Gasteiger charge is -2.19. The number of benzene rings is 1. The fourth-order valence-corrected chi connectivity index (χ4v) is 3.38. The summed E-state index contributed by atoms with van der Waals surface area (Å²) in [5.74, 6) is 0.871. The van der Waals surface area contributed by atoms with Crippen LogP contribution in [0.3, 0.4) is 0 Å². The molecule has 1 aromatic carbocycles. The summed E-state index contributed by atoms with van der Waals surface area (Å²) in [5, 5.41) is 5.72. The van der Waals surface area contributed by atoms with Gasteiger partial charge in [0.15, 0.2) is 0 Å². The Morgan fingerprint density at radius 2 is 2.21 bits per heavy atom. The van der Waals surface area contributed by atoms with Crippen LogP contribution in [0.2, 0.25) is 0 Å². The molecular weight excluding hydrogens is 322 g/mol. The van der Waals surface area contributed by atoms with Crippen LogP contribution in [-0.4, -0.2) is 13.7 Å². The first-order valence-electron chi connectivity index (χ1n) is 6.36. The number of hydrogen-bond donors (Lipinski definition) is 1. The highest BCUT2D eigenvalue weighted by Crippen LogP contribution is 2.33. The number of nitrogens with one attached hydrogen (secondary N) is 1. The molecule has 0 amide bonds. The zero-order valence-electron chi connectivity index (χ0n) is 11.2. The zero-order valence-corrected chi connectivity index (χ0v) is 13.6. The van der Waals surface area contributed by atoms with Crippen LogP contribution in [0.15, 0.2) is 40.2 Å². The predicted octanol–water partition coefficient (Wildman–Crippen LogP) is 4.61. The Morgan fingerprint density at radius 1 is 1.37 bits per heavy atom. The summed E-state index contributed by atoms with van der Waals surface area (Å²) in [6.45, 7) is 3.18. The molecule has 1 aromatic heterocycles.